The average Bonchev–Trinajstić information content (AvgIpc) is 2.65. The minimum atomic E-state index is 0.130. The molecular formula is C20H20N2O3. The van der Waals surface area contributed by atoms with Crippen molar-refractivity contribution in [1.29, 1.82) is 0 Å². The van der Waals surface area contributed by atoms with Gasteiger partial charge in [0.1, 0.15) is 22.9 Å². The lowest BCUT2D eigenvalue weighted by atomic mass is 10.2. The van der Waals surface area contributed by atoms with E-state index in [0.29, 0.717) is 17.2 Å². The van der Waals surface area contributed by atoms with Crippen molar-refractivity contribution in [3.63, 3.8) is 0 Å². The Morgan fingerprint density at radius 3 is 1.76 bits per heavy atom. The SMILES string of the molecule is COc1ccccc1Nc1cccc(O)c1Nc1ccccc1OC. The molecule has 0 amide bonds. The highest BCUT2D eigenvalue weighted by Gasteiger charge is 2.12. The fourth-order valence-electron chi connectivity index (χ4n) is 2.55. The first-order chi connectivity index (χ1) is 12.2. The van der Waals surface area contributed by atoms with Gasteiger partial charge in [-0.2, -0.15) is 0 Å². The number of aromatic hydroxyl groups is 1. The van der Waals surface area contributed by atoms with Gasteiger partial charge in [-0.05, 0) is 36.4 Å². The standard InChI is InChI=1S/C20H20N2O3/c1-24-18-12-5-3-8-14(18)21-16-10-7-11-17(23)20(16)22-15-9-4-6-13-19(15)25-2/h3-13,21-23H,1-2H3. The summed E-state index contributed by atoms with van der Waals surface area (Å²) in [6.07, 6.45) is 0. The Hall–Kier alpha value is -3.34. The van der Waals surface area contributed by atoms with Crippen molar-refractivity contribution in [3.05, 3.63) is 66.7 Å². The lowest BCUT2D eigenvalue weighted by molar-refractivity contribution is 0.416. The number of rotatable bonds is 6. The molecule has 0 saturated heterocycles. The van der Waals surface area contributed by atoms with Gasteiger partial charge in [-0.25, -0.2) is 0 Å². The fourth-order valence-corrected chi connectivity index (χ4v) is 2.55. The van der Waals surface area contributed by atoms with Crippen molar-refractivity contribution in [3.8, 4) is 17.2 Å². The van der Waals surface area contributed by atoms with Crippen LogP contribution in [-0.2, 0) is 0 Å². The number of phenolic OH excluding ortho intramolecular Hbond substituents is 1. The van der Waals surface area contributed by atoms with Crippen LogP contribution in [0.2, 0.25) is 0 Å². The lowest BCUT2D eigenvalue weighted by Crippen LogP contribution is -2.00. The van der Waals surface area contributed by atoms with Crippen molar-refractivity contribution in [2.75, 3.05) is 24.9 Å². The van der Waals surface area contributed by atoms with Crippen molar-refractivity contribution in [1.82, 2.24) is 0 Å². The van der Waals surface area contributed by atoms with Gasteiger partial charge in [0.05, 0.1) is 31.3 Å². The van der Waals surface area contributed by atoms with Crippen LogP contribution in [0.1, 0.15) is 0 Å². The Bertz CT molecular complexity index is 865. The van der Waals surface area contributed by atoms with Crippen LogP contribution in [0.15, 0.2) is 66.7 Å². The summed E-state index contributed by atoms with van der Waals surface area (Å²) in [4.78, 5) is 0. The highest BCUT2D eigenvalue weighted by Crippen LogP contribution is 2.39. The number of phenols is 1. The summed E-state index contributed by atoms with van der Waals surface area (Å²) in [5, 5.41) is 16.9. The molecular weight excluding hydrogens is 316 g/mol. The van der Waals surface area contributed by atoms with E-state index < -0.39 is 0 Å². The van der Waals surface area contributed by atoms with E-state index in [-0.39, 0.29) is 5.75 Å². The molecule has 0 aliphatic heterocycles. The van der Waals surface area contributed by atoms with Gasteiger partial charge in [0.2, 0.25) is 0 Å². The van der Waals surface area contributed by atoms with Gasteiger partial charge in [0.25, 0.3) is 0 Å². The Morgan fingerprint density at radius 2 is 1.16 bits per heavy atom. The molecule has 0 aromatic heterocycles. The summed E-state index contributed by atoms with van der Waals surface area (Å²) >= 11 is 0. The van der Waals surface area contributed by atoms with Gasteiger partial charge in [0.15, 0.2) is 0 Å². The Kier molecular flexibility index (Phi) is 4.95. The summed E-state index contributed by atoms with van der Waals surface area (Å²) in [7, 11) is 3.23. The summed E-state index contributed by atoms with van der Waals surface area (Å²) in [6, 6.07) is 20.4. The summed E-state index contributed by atoms with van der Waals surface area (Å²) < 4.78 is 10.7. The maximum absolute atomic E-state index is 10.3. The number of hydrogen-bond donors (Lipinski definition) is 3. The third kappa shape index (κ3) is 3.61. The van der Waals surface area contributed by atoms with Gasteiger partial charge < -0.3 is 25.2 Å². The molecule has 0 heterocycles. The van der Waals surface area contributed by atoms with Crippen molar-refractivity contribution < 1.29 is 14.6 Å². The Labute approximate surface area is 146 Å². The Morgan fingerprint density at radius 1 is 0.640 bits per heavy atom. The molecule has 128 valence electrons. The van der Waals surface area contributed by atoms with Crippen molar-refractivity contribution in [2.24, 2.45) is 0 Å². The normalized spacial score (nSPS) is 10.2. The second-order valence-electron chi connectivity index (χ2n) is 5.35. The van der Waals surface area contributed by atoms with E-state index in [0.717, 1.165) is 17.1 Å². The van der Waals surface area contributed by atoms with Crippen LogP contribution in [0.25, 0.3) is 0 Å². The number of hydrogen-bond acceptors (Lipinski definition) is 5. The monoisotopic (exact) mass is 336 g/mol. The molecule has 5 nitrogen and oxygen atoms in total. The first kappa shape index (κ1) is 16.5. The predicted molar refractivity (Wildman–Crippen MR) is 101 cm³/mol. The number of methoxy groups -OCH3 is 2. The molecule has 0 unspecified atom stereocenters. The van der Waals surface area contributed by atoms with Gasteiger partial charge in [0, 0.05) is 0 Å². The first-order valence-corrected chi connectivity index (χ1v) is 7.85. The van der Waals surface area contributed by atoms with Gasteiger partial charge in [-0.3, -0.25) is 0 Å². The molecule has 0 spiro atoms. The third-order valence-electron chi connectivity index (χ3n) is 3.79. The van der Waals surface area contributed by atoms with Crippen LogP contribution in [0.5, 0.6) is 17.2 Å². The fraction of sp³-hybridized carbons (Fsp3) is 0.100. The molecule has 0 fully saturated rings. The molecule has 0 aliphatic carbocycles. The third-order valence-corrected chi connectivity index (χ3v) is 3.79. The van der Waals surface area contributed by atoms with Crippen LogP contribution in [-0.4, -0.2) is 19.3 Å². The molecule has 0 radical (unpaired) electrons. The van der Waals surface area contributed by atoms with E-state index in [1.54, 1.807) is 26.4 Å². The van der Waals surface area contributed by atoms with E-state index >= 15 is 0 Å². The van der Waals surface area contributed by atoms with Gasteiger partial charge in [-0.1, -0.05) is 30.3 Å². The summed E-state index contributed by atoms with van der Waals surface area (Å²) in [5.41, 5.74) is 2.83. The van der Waals surface area contributed by atoms with E-state index in [4.69, 9.17) is 9.47 Å². The van der Waals surface area contributed by atoms with E-state index in [9.17, 15) is 5.11 Å². The molecule has 3 rings (SSSR count). The van der Waals surface area contributed by atoms with Gasteiger partial charge in [-0.15, -0.1) is 0 Å². The van der Waals surface area contributed by atoms with Crippen LogP contribution < -0.4 is 20.1 Å². The van der Waals surface area contributed by atoms with Crippen LogP contribution in [0, 0.1) is 0 Å². The molecule has 3 aromatic carbocycles. The maximum atomic E-state index is 10.3. The summed E-state index contributed by atoms with van der Waals surface area (Å²) in [5.74, 6) is 1.54. The van der Waals surface area contributed by atoms with Crippen molar-refractivity contribution in [2.45, 2.75) is 0 Å². The number of ether oxygens (including phenoxy) is 2. The predicted octanol–water partition coefficient (Wildman–Crippen LogP) is 4.90. The second-order valence-corrected chi connectivity index (χ2v) is 5.35. The number of nitrogens with one attached hydrogen (secondary N) is 2. The second kappa shape index (κ2) is 7.49. The van der Waals surface area contributed by atoms with Crippen LogP contribution in [0.3, 0.4) is 0 Å². The van der Waals surface area contributed by atoms with Gasteiger partial charge >= 0.3 is 0 Å². The molecule has 25 heavy (non-hydrogen) atoms. The Balaban J connectivity index is 1.98. The van der Waals surface area contributed by atoms with E-state index in [1.165, 1.54) is 0 Å². The van der Waals surface area contributed by atoms with Crippen LogP contribution in [0.4, 0.5) is 22.7 Å². The largest absolute Gasteiger partial charge is 0.506 e. The number of para-hydroxylation sites is 5. The molecule has 3 N–H and O–H groups in total. The van der Waals surface area contributed by atoms with E-state index in [2.05, 4.69) is 10.6 Å². The molecule has 0 aliphatic rings. The molecule has 0 bridgehead atoms. The number of benzene rings is 3. The summed E-state index contributed by atoms with van der Waals surface area (Å²) in [6.45, 7) is 0. The highest BCUT2D eigenvalue weighted by atomic mass is 16.5. The smallest absolute Gasteiger partial charge is 0.142 e. The van der Waals surface area contributed by atoms with Crippen LogP contribution >= 0.6 is 0 Å². The molecule has 3 aromatic rings. The zero-order chi connectivity index (χ0) is 17.6. The minimum absolute atomic E-state index is 0.130. The maximum Gasteiger partial charge on any atom is 0.142 e. The first-order valence-electron chi connectivity index (χ1n) is 7.85. The number of anilines is 4. The highest BCUT2D eigenvalue weighted by molar-refractivity contribution is 5.85. The minimum Gasteiger partial charge on any atom is -0.506 e. The lowest BCUT2D eigenvalue weighted by Gasteiger charge is -2.18. The molecule has 5 heteroatoms. The average molecular weight is 336 g/mol. The zero-order valence-corrected chi connectivity index (χ0v) is 14.1. The quantitative estimate of drug-likeness (QED) is 0.559. The van der Waals surface area contributed by atoms with E-state index in [1.807, 2.05) is 54.6 Å². The topological polar surface area (TPSA) is 62.8 Å². The zero-order valence-electron chi connectivity index (χ0n) is 14.1. The molecule has 0 saturated carbocycles. The van der Waals surface area contributed by atoms with Crippen molar-refractivity contribution >= 4 is 22.7 Å². The molecule has 0 atom stereocenters.